The van der Waals surface area contributed by atoms with E-state index >= 15 is 0 Å². The van der Waals surface area contributed by atoms with Crippen LogP contribution in [0, 0.1) is 5.92 Å². The standard InChI is InChI=1S/C20H22N8O5S/c1-21-20(30)16-14(7-15(25-26-16)24-19(29)11-8-34(31,32)9-11)23-13-6-4-5-12(17(13)33-3)18-22-10-28(2)27-18/h4-7,10-11H,8-9H2,1-3H3,(H,21,30)(H2,23,24,25,29). The predicted molar refractivity (Wildman–Crippen MR) is 122 cm³/mol. The van der Waals surface area contributed by atoms with Gasteiger partial charge in [-0.2, -0.15) is 5.10 Å². The summed E-state index contributed by atoms with van der Waals surface area (Å²) < 4.78 is 29.9. The molecule has 1 aliphatic rings. The summed E-state index contributed by atoms with van der Waals surface area (Å²) in [5, 5.41) is 20.3. The minimum absolute atomic E-state index is 0.0184. The number of sulfone groups is 1. The first kappa shape index (κ1) is 23.1. The van der Waals surface area contributed by atoms with Gasteiger partial charge in [0.1, 0.15) is 6.33 Å². The Bertz CT molecular complexity index is 1360. The number of hydrogen-bond acceptors (Lipinski definition) is 10. The maximum atomic E-state index is 12.4. The van der Waals surface area contributed by atoms with E-state index in [0.717, 1.165) is 0 Å². The first-order valence-electron chi connectivity index (χ1n) is 10.1. The third-order valence-electron chi connectivity index (χ3n) is 5.10. The number of aryl methyl sites for hydroxylation is 1. The van der Waals surface area contributed by atoms with Gasteiger partial charge in [0.25, 0.3) is 5.91 Å². The van der Waals surface area contributed by atoms with Crippen LogP contribution in [0.5, 0.6) is 5.75 Å². The van der Waals surface area contributed by atoms with Gasteiger partial charge in [0.15, 0.2) is 32.9 Å². The fourth-order valence-corrected chi connectivity index (χ4v) is 4.85. The van der Waals surface area contributed by atoms with Gasteiger partial charge in [0.05, 0.1) is 41.5 Å². The normalized spacial score (nSPS) is 14.7. The van der Waals surface area contributed by atoms with Crippen LogP contribution in [0.4, 0.5) is 17.2 Å². The molecule has 14 heteroatoms. The highest BCUT2D eigenvalue weighted by Crippen LogP contribution is 2.37. The lowest BCUT2D eigenvalue weighted by Crippen LogP contribution is -2.44. The molecule has 1 saturated heterocycles. The first-order valence-corrected chi connectivity index (χ1v) is 11.9. The molecule has 34 heavy (non-hydrogen) atoms. The molecule has 0 unspecified atom stereocenters. The fourth-order valence-electron chi connectivity index (χ4n) is 3.42. The summed E-state index contributed by atoms with van der Waals surface area (Å²) in [6.45, 7) is 0. The van der Waals surface area contributed by atoms with Gasteiger partial charge in [-0.05, 0) is 12.1 Å². The number of para-hydroxylation sites is 1. The lowest BCUT2D eigenvalue weighted by atomic mass is 10.1. The molecule has 13 nitrogen and oxygen atoms in total. The van der Waals surface area contributed by atoms with Crippen molar-refractivity contribution in [3.8, 4) is 17.1 Å². The summed E-state index contributed by atoms with van der Waals surface area (Å²) in [5.74, 6) is -1.11. The van der Waals surface area contributed by atoms with Gasteiger partial charge < -0.3 is 20.7 Å². The van der Waals surface area contributed by atoms with Crippen molar-refractivity contribution in [2.24, 2.45) is 13.0 Å². The van der Waals surface area contributed by atoms with Gasteiger partial charge >= 0.3 is 0 Å². The summed E-state index contributed by atoms with van der Waals surface area (Å²) in [7, 11) is 1.54. The minimum atomic E-state index is -3.16. The zero-order chi connectivity index (χ0) is 24.5. The molecule has 1 aliphatic heterocycles. The van der Waals surface area contributed by atoms with Gasteiger partial charge in [-0.15, -0.1) is 10.2 Å². The third-order valence-corrected chi connectivity index (χ3v) is 6.92. The Hall–Kier alpha value is -4.07. The molecule has 3 aromatic rings. The fraction of sp³-hybridized carbons (Fsp3) is 0.300. The molecule has 2 aromatic heterocycles. The van der Waals surface area contributed by atoms with E-state index in [1.54, 1.807) is 36.3 Å². The number of aromatic nitrogens is 5. The number of hydrogen-bond donors (Lipinski definition) is 3. The summed E-state index contributed by atoms with van der Waals surface area (Å²) in [6, 6.07) is 6.73. The summed E-state index contributed by atoms with van der Waals surface area (Å²) in [4.78, 5) is 29.0. The van der Waals surface area contributed by atoms with Crippen LogP contribution in [0.15, 0.2) is 30.6 Å². The van der Waals surface area contributed by atoms with Crippen LogP contribution in [0.2, 0.25) is 0 Å². The second-order valence-corrected chi connectivity index (χ2v) is 9.74. The number of anilines is 3. The highest BCUT2D eigenvalue weighted by atomic mass is 32.2. The molecule has 0 radical (unpaired) electrons. The number of amides is 2. The Morgan fingerprint density at radius 3 is 2.56 bits per heavy atom. The minimum Gasteiger partial charge on any atom is -0.494 e. The topological polar surface area (TPSA) is 170 Å². The molecule has 0 spiro atoms. The Kier molecular flexibility index (Phi) is 6.15. The average molecular weight is 487 g/mol. The van der Waals surface area contributed by atoms with Gasteiger partial charge in [0.2, 0.25) is 5.91 Å². The SMILES string of the molecule is CNC(=O)c1nnc(NC(=O)C2CS(=O)(=O)C2)cc1Nc1cccc(-c2ncn(C)n2)c1OC. The van der Waals surface area contributed by atoms with Crippen molar-refractivity contribution >= 4 is 38.8 Å². The number of ether oxygens (including phenoxy) is 1. The number of benzene rings is 1. The molecule has 4 rings (SSSR count). The number of nitrogens with one attached hydrogen (secondary N) is 3. The zero-order valence-corrected chi connectivity index (χ0v) is 19.4. The van der Waals surface area contributed by atoms with Crippen LogP contribution in [-0.4, -0.2) is 70.9 Å². The summed E-state index contributed by atoms with van der Waals surface area (Å²) >= 11 is 0. The molecule has 3 N–H and O–H groups in total. The third kappa shape index (κ3) is 4.66. The van der Waals surface area contributed by atoms with E-state index in [-0.39, 0.29) is 28.7 Å². The van der Waals surface area contributed by atoms with E-state index in [9.17, 15) is 18.0 Å². The van der Waals surface area contributed by atoms with Gasteiger partial charge in [-0.1, -0.05) is 6.07 Å². The van der Waals surface area contributed by atoms with Gasteiger partial charge in [-0.3, -0.25) is 14.3 Å². The largest absolute Gasteiger partial charge is 0.494 e. The summed E-state index contributed by atoms with van der Waals surface area (Å²) in [5.41, 5.74) is 1.34. The number of methoxy groups -OCH3 is 1. The first-order chi connectivity index (χ1) is 16.2. The quantitative estimate of drug-likeness (QED) is 0.424. The summed E-state index contributed by atoms with van der Waals surface area (Å²) in [6.07, 6.45) is 1.56. The Morgan fingerprint density at radius 1 is 1.18 bits per heavy atom. The maximum absolute atomic E-state index is 12.4. The van der Waals surface area contributed by atoms with Crippen LogP contribution in [0.3, 0.4) is 0 Å². The van der Waals surface area contributed by atoms with Crippen LogP contribution in [0.25, 0.3) is 11.4 Å². The molecule has 178 valence electrons. The second-order valence-electron chi connectivity index (χ2n) is 7.59. The smallest absolute Gasteiger partial charge is 0.273 e. The Labute approximate surface area is 194 Å². The van der Waals surface area contributed by atoms with Crippen molar-refractivity contribution in [1.29, 1.82) is 0 Å². The Balaban J connectivity index is 1.67. The van der Waals surface area contributed by atoms with Crippen molar-refractivity contribution < 1.29 is 22.7 Å². The average Bonchev–Trinajstić information content (AvgIpc) is 3.23. The van der Waals surface area contributed by atoms with E-state index in [2.05, 4.69) is 36.2 Å². The lowest BCUT2D eigenvalue weighted by Gasteiger charge is -2.24. The van der Waals surface area contributed by atoms with Gasteiger partial charge in [-0.25, -0.2) is 13.4 Å². The predicted octanol–water partition coefficient (Wildman–Crippen LogP) is 0.367. The zero-order valence-electron chi connectivity index (χ0n) is 18.6. The monoisotopic (exact) mass is 486 g/mol. The lowest BCUT2D eigenvalue weighted by molar-refractivity contribution is -0.119. The highest BCUT2D eigenvalue weighted by molar-refractivity contribution is 7.92. The molecule has 3 heterocycles. The van der Waals surface area contributed by atoms with Crippen molar-refractivity contribution in [2.75, 3.05) is 36.3 Å². The number of carbonyl (C=O) groups excluding carboxylic acids is 2. The van der Waals surface area contributed by atoms with E-state index in [1.165, 1.54) is 20.2 Å². The van der Waals surface area contributed by atoms with E-state index in [0.29, 0.717) is 22.8 Å². The van der Waals surface area contributed by atoms with Crippen molar-refractivity contribution in [3.63, 3.8) is 0 Å². The van der Waals surface area contributed by atoms with Crippen molar-refractivity contribution in [1.82, 2.24) is 30.3 Å². The number of carbonyl (C=O) groups is 2. The molecule has 0 aliphatic carbocycles. The van der Waals surface area contributed by atoms with E-state index in [1.807, 2.05) is 0 Å². The maximum Gasteiger partial charge on any atom is 0.273 e. The molecule has 0 atom stereocenters. The molecule has 2 amide bonds. The van der Waals surface area contributed by atoms with Crippen LogP contribution >= 0.6 is 0 Å². The van der Waals surface area contributed by atoms with E-state index in [4.69, 9.17) is 4.74 Å². The number of rotatable bonds is 7. The van der Waals surface area contributed by atoms with Crippen molar-refractivity contribution in [2.45, 2.75) is 0 Å². The molecular weight excluding hydrogens is 464 g/mol. The molecular formula is C20H22N8O5S. The molecule has 1 fully saturated rings. The van der Waals surface area contributed by atoms with Crippen molar-refractivity contribution in [3.05, 3.63) is 36.3 Å². The molecule has 1 aromatic carbocycles. The molecule has 0 saturated carbocycles. The van der Waals surface area contributed by atoms with Crippen LogP contribution in [0.1, 0.15) is 10.5 Å². The highest BCUT2D eigenvalue weighted by Gasteiger charge is 2.38. The van der Waals surface area contributed by atoms with Crippen LogP contribution < -0.4 is 20.7 Å². The van der Waals surface area contributed by atoms with E-state index < -0.39 is 27.6 Å². The van der Waals surface area contributed by atoms with Gasteiger partial charge in [0, 0.05) is 20.2 Å². The number of nitrogens with zero attached hydrogens (tertiary/aromatic N) is 5. The van der Waals surface area contributed by atoms with Crippen LogP contribution in [-0.2, 0) is 21.7 Å². The second kappa shape index (κ2) is 9.05. The Morgan fingerprint density at radius 2 is 1.94 bits per heavy atom. The molecule has 0 bridgehead atoms.